The average Bonchev–Trinajstić information content (AvgIpc) is 2.49. The highest BCUT2D eigenvalue weighted by Gasteiger charge is 2.20. The number of rotatable bonds is 5. The van der Waals surface area contributed by atoms with Gasteiger partial charge in [-0.3, -0.25) is 9.59 Å². The van der Waals surface area contributed by atoms with Gasteiger partial charge in [-0.15, -0.1) is 0 Å². The Morgan fingerprint density at radius 3 is 2.23 bits per heavy atom. The van der Waals surface area contributed by atoms with Crippen LogP contribution >= 0.6 is 0 Å². The van der Waals surface area contributed by atoms with Gasteiger partial charge in [-0.2, -0.15) is 0 Å². The Bertz CT molecular complexity index is 636. The first-order valence-electron chi connectivity index (χ1n) is 7.23. The molecule has 2 amide bonds. The standard InChI is InChI=1S/C18H20N2O2/c1-13-8-10-16(11-9-13)20-18(22)17(19-14(2)21)12-15-6-4-3-5-7-15/h3-11,17H,12H2,1-2H3,(H,19,21)(H,20,22). The number of anilines is 1. The van der Waals surface area contributed by atoms with Crippen LogP contribution in [0.25, 0.3) is 0 Å². The molecule has 22 heavy (non-hydrogen) atoms. The molecule has 0 heterocycles. The lowest BCUT2D eigenvalue weighted by Crippen LogP contribution is -2.44. The third-order valence-electron chi connectivity index (χ3n) is 3.30. The van der Waals surface area contributed by atoms with E-state index < -0.39 is 6.04 Å². The summed E-state index contributed by atoms with van der Waals surface area (Å²) in [5, 5.41) is 5.55. The normalized spacial score (nSPS) is 11.5. The third kappa shape index (κ3) is 4.74. The largest absolute Gasteiger partial charge is 0.344 e. The molecule has 2 N–H and O–H groups in total. The number of aryl methyl sites for hydroxylation is 1. The van der Waals surface area contributed by atoms with Crippen LogP contribution in [-0.4, -0.2) is 17.9 Å². The first kappa shape index (κ1) is 15.8. The van der Waals surface area contributed by atoms with Crippen molar-refractivity contribution < 1.29 is 9.59 Å². The van der Waals surface area contributed by atoms with Gasteiger partial charge >= 0.3 is 0 Å². The second-order valence-corrected chi connectivity index (χ2v) is 5.30. The van der Waals surface area contributed by atoms with Crippen LogP contribution in [-0.2, 0) is 16.0 Å². The maximum absolute atomic E-state index is 12.4. The highest BCUT2D eigenvalue weighted by atomic mass is 16.2. The molecule has 0 aromatic heterocycles. The van der Waals surface area contributed by atoms with Crippen LogP contribution in [0.1, 0.15) is 18.1 Å². The maximum Gasteiger partial charge on any atom is 0.247 e. The van der Waals surface area contributed by atoms with Crippen LogP contribution < -0.4 is 10.6 Å². The van der Waals surface area contributed by atoms with Crippen molar-refractivity contribution in [1.29, 1.82) is 0 Å². The molecule has 2 rings (SSSR count). The summed E-state index contributed by atoms with van der Waals surface area (Å²) in [5.74, 6) is -0.442. The van der Waals surface area contributed by atoms with E-state index in [1.54, 1.807) is 0 Å². The fraction of sp³-hybridized carbons (Fsp3) is 0.222. The summed E-state index contributed by atoms with van der Waals surface area (Å²) in [6.45, 7) is 3.40. The Labute approximate surface area is 130 Å². The molecule has 0 bridgehead atoms. The van der Waals surface area contributed by atoms with Crippen LogP contribution in [0.5, 0.6) is 0 Å². The van der Waals surface area contributed by atoms with Crippen LogP contribution in [0, 0.1) is 6.92 Å². The van der Waals surface area contributed by atoms with Gasteiger partial charge in [-0.1, -0.05) is 48.0 Å². The number of carbonyl (C=O) groups excluding carboxylic acids is 2. The topological polar surface area (TPSA) is 58.2 Å². The van der Waals surface area contributed by atoms with Crippen molar-refractivity contribution in [2.24, 2.45) is 0 Å². The number of amides is 2. The van der Waals surface area contributed by atoms with Crippen molar-refractivity contribution in [2.75, 3.05) is 5.32 Å². The van der Waals surface area contributed by atoms with E-state index in [2.05, 4.69) is 10.6 Å². The minimum atomic E-state index is -0.596. The van der Waals surface area contributed by atoms with Gasteiger partial charge in [0.05, 0.1) is 0 Å². The lowest BCUT2D eigenvalue weighted by Gasteiger charge is -2.18. The highest BCUT2D eigenvalue weighted by molar-refractivity contribution is 5.97. The van der Waals surface area contributed by atoms with Gasteiger partial charge in [0, 0.05) is 19.0 Å². The molecule has 0 aliphatic heterocycles. The molecule has 0 aliphatic carbocycles. The Morgan fingerprint density at radius 1 is 1.00 bits per heavy atom. The van der Waals surface area contributed by atoms with E-state index in [9.17, 15) is 9.59 Å². The van der Waals surface area contributed by atoms with Gasteiger partial charge in [0.1, 0.15) is 6.04 Å². The average molecular weight is 296 g/mol. The van der Waals surface area contributed by atoms with Gasteiger partial charge in [-0.25, -0.2) is 0 Å². The molecule has 4 nitrogen and oxygen atoms in total. The smallest absolute Gasteiger partial charge is 0.247 e. The van der Waals surface area contributed by atoms with Crippen molar-refractivity contribution in [3.63, 3.8) is 0 Å². The third-order valence-corrected chi connectivity index (χ3v) is 3.30. The lowest BCUT2D eigenvalue weighted by atomic mass is 10.0. The number of hydrogen-bond acceptors (Lipinski definition) is 2. The minimum absolute atomic E-state index is 0.220. The van der Waals surface area contributed by atoms with E-state index >= 15 is 0 Å². The Hall–Kier alpha value is -2.62. The summed E-state index contributed by atoms with van der Waals surface area (Å²) < 4.78 is 0. The predicted octanol–water partition coefficient (Wildman–Crippen LogP) is 2.68. The van der Waals surface area contributed by atoms with Crippen molar-refractivity contribution in [1.82, 2.24) is 5.32 Å². The summed E-state index contributed by atoms with van der Waals surface area (Å²) in [5.41, 5.74) is 2.85. The fourth-order valence-corrected chi connectivity index (χ4v) is 2.17. The molecule has 114 valence electrons. The molecule has 0 fully saturated rings. The Morgan fingerprint density at radius 2 is 1.64 bits per heavy atom. The van der Waals surface area contributed by atoms with Crippen molar-refractivity contribution in [3.05, 3.63) is 65.7 Å². The zero-order valence-electron chi connectivity index (χ0n) is 12.8. The molecule has 2 aromatic rings. The lowest BCUT2D eigenvalue weighted by molar-refractivity contribution is -0.125. The van der Waals surface area contributed by atoms with Gasteiger partial charge in [0.2, 0.25) is 11.8 Å². The molecular weight excluding hydrogens is 276 g/mol. The zero-order chi connectivity index (χ0) is 15.9. The van der Waals surface area contributed by atoms with E-state index in [-0.39, 0.29) is 11.8 Å². The van der Waals surface area contributed by atoms with Crippen molar-refractivity contribution in [2.45, 2.75) is 26.3 Å². The SMILES string of the molecule is CC(=O)NC(Cc1ccccc1)C(=O)Nc1ccc(C)cc1. The van der Waals surface area contributed by atoms with E-state index in [1.165, 1.54) is 6.92 Å². The predicted molar refractivity (Wildman–Crippen MR) is 87.6 cm³/mol. The second kappa shape index (κ2) is 7.41. The first-order valence-corrected chi connectivity index (χ1v) is 7.23. The number of benzene rings is 2. The fourth-order valence-electron chi connectivity index (χ4n) is 2.17. The molecule has 0 saturated heterocycles. The molecule has 0 radical (unpaired) electrons. The van der Waals surface area contributed by atoms with E-state index in [0.29, 0.717) is 6.42 Å². The Kier molecular flexibility index (Phi) is 5.31. The molecule has 2 aromatic carbocycles. The van der Waals surface area contributed by atoms with E-state index in [0.717, 1.165) is 16.8 Å². The van der Waals surface area contributed by atoms with Gasteiger partial charge in [0.25, 0.3) is 0 Å². The summed E-state index contributed by atoms with van der Waals surface area (Å²) in [6, 6.07) is 16.6. The van der Waals surface area contributed by atoms with E-state index in [1.807, 2.05) is 61.5 Å². The van der Waals surface area contributed by atoms with Gasteiger partial charge in [0.15, 0.2) is 0 Å². The summed E-state index contributed by atoms with van der Waals surface area (Å²) in [6.07, 6.45) is 0.456. The minimum Gasteiger partial charge on any atom is -0.344 e. The molecule has 4 heteroatoms. The van der Waals surface area contributed by atoms with Crippen molar-refractivity contribution >= 4 is 17.5 Å². The molecule has 0 aliphatic rings. The van der Waals surface area contributed by atoms with E-state index in [4.69, 9.17) is 0 Å². The van der Waals surface area contributed by atoms with Crippen molar-refractivity contribution in [3.8, 4) is 0 Å². The number of nitrogens with one attached hydrogen (secondary N) is 2. The monoisotopic (exact) mass is 296 g/mol. The number of carbonyl (C=O) groups is 2. The summed E-state index contributed by atoms with van der Waals surface area (Å²) in [4.78, 5) is 23.8. The maximum atomic E-state index is 12.4. The van der Waals surface area contributed by atoms with Crippen LogP contribution in [0.2, 0.25) is 0 Å². The summed E-state index contributed by atoms with van der Waals surface area (Å²) in [7, 11) is 0. The second-order valence-electron chi connectivity index (χ2n) is 5.30. The molecule has 1 unspecified atom stereocenters. The summed E-state index contributed by atoms with van der Waals surface area (Å²) >= 11 is 0. The quantitative estimate of drug-likeness (QED) is 0.891. The molecule has 1 atom stereocenters. The molecule has 0 spiro atoms. The first-order chi connectivity index (χ1) is 10.5. The highest BCUT2D eigenvalue weighted by Crippen LogP contribution is 2.10. The van der Waals surface area contributed by atoms with Crippen LogP contribution in [0.15, 0.2) is 54.6 Å². The number of hydrogen-bond donors (Lipinski definition) is 2. The van der Waals surface area contributed by atoms with Crippen LogP contribution in [0.4, 0.5) is 5.69 Å². The van der Waals surface area contributed by atoms with Gasteiger partial charge < -0.3 is 10.6 Å². The zero-order valence-corrected chi connectivity index (χ0v) is 12.8. The van der Waals surface area contributed by atoms with Crippen LogP contribution in [0.3, 0.4) is 0 Å². The molecule has 0 saturated carbocycles. The Balaban J connectivity index is 2.08. The molecular formula is C18H20N2O2. The van der Waals surface area contributed by atoms with Gasteiger partial charge in [-0.05, 0) is 24.6 Å².